The third-order valence-corrected chi connectivity index (χ3v) is 3.93. The molecule has 0 fully saturated rings. The molecule has 2 aromatic rings. The molecule has 2 aromatic carbocycles. The van der Waals surface area contributed by atoms with Crippen LogP contribution in [0, 0.1) is 0 Å². The van der Waals surface area contributed by atoms with E-state index in [-0.39, 0.29) is 5.91 Å². The second-order valence-corrected chi connectivity index (χ2v) is 5.78. The lowest BCUT2D eigenvalue weighted by Crippen LogP contribution is -2.13. The monoisotopic (exact) mass is 357 g/mol. The summed E-state index contributed by atoms with van der Waals surface area (Å²) < 4.78 is 5.52. The third-order valence-electron chi connectivity index (χ3n) is 2.86. The zero-order chi connectivity index (χ0) is 15.9. The molecule has 0 saturated carbocycles. The van der Waals surface area contributed by atoms with Crippen molar-refractivity contribution in [1.82, 2.24) is 0 Å². The molecule has 0 unspecified atom stereocenters. The first-order valence-electron chi connectivity index (χ1n) is 6.68. The van der Waals surface area contributed by atoms with Gasteiger partial charge in [-0.2, -0.15) is 0 Å². The number of carbonyl (C=O) groups is 1. The van der Waals surface area contributed by atoms with Crippen molar-refractivity contribution in [3.63, 3.8) is 0 Å². The lowest BCUT2D eigenvalue weighted by Gasteiger charge is -2.09. The quantitative estimate of drug-likeness (QED) is 0.698. The molecule has 0 bridgehead atoms. The number of anilines is 1. The largest absolute Gasteiger partial charge is 0.494 e. The van der Waals surface area contributed by atoms with Crippen LogP contribution >= 0.6 is 34.8 Å². The molecular formula is C16H14Cl3NO2. The average molecular weight is 359 g/mol. The minimum absolute atomic E-state index is 0.135. The normalized spacial score (nSPS) is 10.3. The highest BCUT2D eigenvalue weighted by atomic mass is 35.5. The second kappa shape index (κ2) is 8.28. The number of hydrogen-bond donors (Lipinski definition) is 1. The van der Waals surface area contributed by atoms with Gasteiger partial charge >= 0.3 is 0 Å². The minimum atomic E-state index is -0.135. The van der Waals surface area contributed by atoms with Gasteiger partial charge in [0.15, 0.2) is 0 Å². The molecule has 0 aromatic heterocycles. The summed E-state index contributed by atoms with van der Waals surface area (Å²) in [5.41, 5.74) is 0.512. The van der Waals surface area contributed by atoms with Gasteiger partial charge in [-0.05, 0) is 42.8 Å². The summed E-state index contributed by atoms with van der Waals surface area (Å²) in [5.74, 6) is 0.589. The zero-order valence-corrected chi connectivity index (χ0v) is 13.9. The first-order chi connectivity index (χ1) is 10.6. The molecule has 0 aliphatic rings. The summed E-state index contributed by atoms with van der Waals surface area (Å²) in [6.07, 6.45) is 0.920. The van der Waals surface area contributed by atoms with Gasteiger partial charge in [0, 0.05) is 11.4 Å². The van der Waals surface area contributed by atoms with Crippen molar-refractivity contribution in [1.29, 1.82) is 0 Å². The molecule has 2 rings (SSSR count). The van der Waals surface area contributed by atoms with E-state index in [1.54, 1.807) is 42.5 Å². The van der Waals surface area contributed by atoms with Crippen LogP contribution in [-0.2, 0) is 4.79 Å². The molecule has 0 aliphatic heterocycles. The van der Waals surface area contributed by atoms with Crippen molar-refractivity contribution < 1.29 is 9.53 Å². The highest BCUT2D eigenvalue weighted by Crippen LogP contribution is 2.29. The van der Waals surface area contributed by atoms with Crippen LogP contribution in [0.3, 0.4) is 0 Å². The predicted octanol–water partition coefficient (Wildman–Crippen LogP) is 5.44. The fourth-order valence-electron chi connectivity index (χ4n) is 1.77. The van der Waals surface area contributed by atoms with Crippen LogP contribution in [0.4, 0.5) is 5.69 Å². The average Bonchev–Trinajstić information content (AvgIpc) is 2.50. The molecule has 0 heterocycles. The van der Waals surface area contributed by atoms with E-state index in [0.29, 0.717) is 40.2 Å². The topological polar surface area (TPSA) is 38.3 Å². The molecule has 116 valence electrons. The smallest absolute Gasteiger partial charge is 0.224 e. The Morgan fingerprint density at radius 2 is 1.77 bits per heavy atom. The van der Waals surface area contributed by atoms with Crippen molar-refractivity contribution in [3.8, 4) is 5.75 Å². The number of amides is 1. The van der Waals surface area contributed by atoms with Crippen molar-refractivity contribution in [3.05, 3.63) is 57.5 Å². The Morgan fingerprint density at radius 3 is 2.50 bits per heavy atom. The molecule has 22 heavy (non-hydrogen) atoms. The van der Waals surface area contributed by atoms with Crippen molar-refractivity contribution in [2.45, 2.75) is 12.8 Å². The van der Waals surface area contributed by atoms with Crippen molar-refractivity contribution in [2.24, 2.45) is 0 Å². The Bertz CT molecular complexity index is 644. The SMILES string of the molecule is O=C(CCCOc1ccc(Cl)cc1)Nc1cccc(Cl)c1Cl. The van der Waals surface area contributed by atoms with E-state index in [1.807, 2.05) is 0 Å². The Kier molecular flexibility index (Phi) is 6.37. The van der Waals surface area contributed by atoms with E-state index in [1.165, 1.54) is 0 Å². The van der Waals surface area contributed by atoms with Gasteiger partial charge in [0.2, 0.25) is 5.91 Å². The lowest BCUT2D eigenvalue weighted by molar-refractivity contribution is -0.116. The van der Waals surface area contributed by atoms with E-state index in [2.05, 4.69) is 5.32 Å². The standard InChI is InChI=1S/C16H14Cl3NO2/c17-11-6-8-12(9-7-11)22-10-2-5-15(21)20-14-4-1-3-13(18)16(14)19/h1,3-4,6-9H,2,5,10H2,(H,20,21). The van der Waals surface area contributed by atoms with Gasteiger partial charge in [-0.3, -0.25) is 4.79 Å². The Labute approximate surface area is 144 Å². The number of rotatable bonds is 6. The van der Waals surface area contributed by atoms with Gasteiger partial charge in [0.25, 0.3) is 0 Å². The fourth-order valence-corrected chi connectivity index (χ4v) is 2.24. The number of carbonyl (C=O) groups excluding carboxylic acids is 1. The summed E-state index contributed by atoms with van der Waals surface area (Å²) in [6.45, 7) is 0.443. The second-order valence-electron chi connectivity index (χ2n) is 4.56. The lowest BCUT2D eigenvalue weighted by atomic mass is 10.2. The summed E-state index contributed by atoms with van der Waals surface area (Å²) in [6, 6.07) is 12.2. The van der Waals surface area contributed by atoms with Crippen molar-refractivity contribution in [2.75, 3.05) is 11.9 Å². The van der Waals surface area contributed by atoms with E-state index in [0.717, 1.165) is 5.75 Å². The summed E-state index contributed by atoms with van der Waals surface area (Å²) in [4.78, 5) is 11.8. The molecule has 0 aliphatic carbocycles. The van der Waals surface area contributed by atoms with Crippen LogP contribution in [0.2, 0.25) is 15.1 Å². The molecular weight excluding hydrogens is 345 g/mol. The van der Waals surface area contributed by atoms with Crippen LogP contribution in [0.1, 0.15) is 12.8 Å². The maximum Gasteiger partial charge on any atom is 0.224 e. The minimum Gasteiger partial charge on any atom is -0.494 e. The molecule has 1 N–H and O–H groups in total. The van der Waals surface area contributed by atoms with Gasteiger partial charge in [-0.25, -0.2) is 0 Å². The van der Waals surface area contributed by atoms with Crippen LogP contribution in [0.15, 0.2) is 42.5 Å². The summed E-state index contributed by atoms with van der Waals surface area (Å²) in [5, 5.41) is 4.14. The Hall–Kier alpha value is -1.42. The zero-order valence-electron chi connectivity index (χ0n) is 11.6. The molecule has 0 spiro atoms. The van der Waals surface area contributed by atoms with Gasteiger partial charge in [0.05, 0.1) is 22.3 Å². The maximum atomic E-state index is 11.8. The first-order valence-corrected chi connectivity index (χ1v) is 7.82. The molecule has 0 atom stereocenters. The molecule has 3 nitrogen and oxygen atoms in total. The number of halogens is 3. The number of ether oxygens (including phenoxy) is 1. The molecule has 1 amide bonds. The van der Waals surface area contributed by atoms with E-state index in [4.69, 9.17) is 39.5 Å². The Morgan fingerprint density at radius 1 is 1.05 bits per heavy atom. The summed E-state index contributed by atoms with van der Waals surface area (Å²) >= 11 is 17.7. The van der Waals surface area contributed by atoms with Gasteiger partial charge in [-0.1, -0.05) is 40.9 Å². The van der Waals surface area contributed by atoms with Crippen LogP contribution in [-0.4, -0.2) is 12.5 Å². The number of nitrogens with one attached hydrogen (secondary N) is 1. The number of hydrogen-bond acceptors (Lipinski definition) is 2. The van der Waals surface area contributed by atoms with Gasteiger partial charge in [0.1, 0.15) is 5.75 Å². The van der Waals surface area contributed by atoms with Crippen LogP contribution < -0.4 is 10.1 Å². The first kappa shape index (κ1) is 16.9. The van der Waals surface area contributed by atoms with E-state index < -0.39 is 0 Å². The third kappa shape index (κ3) is 5.09. The van der Waals surface area contributed by atoms with Crippen LogP contribution in [0.5, 0.6) is 5.75 Å². The molecule has 0 saturated heterocycles. The molecule has 0 radical (unpaired) electrons. The maximum absolute atomic E-state index is 11.8. The van der Waals surface area contributed by atoms with Crippen molar-refractivity contribution >= 4 is 46.4 Å². The van der Waals surface area contributed by atoms with Gasteiger partial charge < -0.3 is 10.1 Å². The van der Waals surface area contributed by atoms with Crippen LogP contribution in [0.25, 0.3) is 0 Å². The molecule has 6 heteroatoms. The fraction of sp³-hybridized carbons (Fsp3) is 0.188. The van der Waals surface area contributed by atoms with E-state index >= 15 is 0 Å². The Balaban J connectivity index is 1.74. The van der Waals surface area contributed by atoms with E-state index in [9.17, 15) is 4.79 Å². The van der Waals surface area contributed by atoms with Gasteiger partial charge in [-0.15, -0.1) is 0 Å². The highest BCUT2D eigenvalue weighted by molar-refractivity contribution is 6.43. The summed E-state index contributed by atoms with van der Waals surface area (Å²) in [7, 11) is 0. The predicted molar refractivity (Wildman–Crippen MR) is 91.3 cm³/mol. The number of benzene rings is 2. The highest BCUT2D eigenvalue weighted by Gasteiger charge is 2.08.